The number of nitrogens with two attached hydrogens (primary N) is 1. The predicted octanol–water partition coefficient (Wildman–Crippen LogP) is 1.96. The van der Waals surface area contributed by atoms with Crippen LogP contribution in [0.25, 0.3) is 0 Å². The number of halogens is 2. The van der Waals surface area contributed by atoms with Gasteiger partial charge in [-0.15, -0.1) is 0 Å². The minimum atomic E-state index is -4.04. The standard InChI is InChI=1S/C13H16BrFN2O3S/c1-7-5-17(6-8(7)2)13(18)9-3-12(21(16,19)20)10(14)4-11(9)15/h3-4,7-8H,5-6H2,1-2H3,(H2,16,19,20). The largest absolute Gasteiger partial charge is 0.338 e. The maximum Gasteiger partial charge on any atom is 0.256 e. The van der Waals surface area contributed by atoms with Gasteiger partial charge in [0.05, 0.1) is 10.5 Å². The number of carbonyl (C=O) groups excluding carboxylic acids is 1. The normalized spacial score (nSPS) is 22.6. The highest BCUT2D eigenvalue weighted by molar-refractivity contribution is 9.10. The van der Waals surface area contributed by atoms with E-state index in [2.05, 4.69) is 15.9 Å². The van der Waals surface area contributed by atoms with Crippen LogP contribution in [0.1, 0.15) is 24.2 Å². The van der Waals surface area contributed by atoms with Crippen molar-refractivity contribution in [3.8, 4) is 0 Å². The van der Waals surface area contributed by atoms with Gasteiger partial charge in [0.15, 0.2) is 0 Å². The van der Waals surface area contributed by atoms with E-state index in [1.165, 1.54) is 4.90 Å². The summed E-state index contributed by atoms with van der Waals surface area (Å²) in [7, 11) is -4.04. The number of likely N-dealkylation sites (tertiary alicyclic amines) is 1. The summed E-state index contributed by atoms with van der Waals surface area (Å²) in [5.74, 6) is -0.636. The van der Waals surface area contributed by atoms with Gasteiger partial charge in [-0.3, -0.25) is 4.79 Å². The summed E-state index contributed by atoms with van der Waals surface area (Å²) in [6, 6.07) is 1.95. The van der Waals surface area contributed by atoms with Crippen molar-refractivity contribution in [2.75, 3.05) is 13.1 Å². The molecule has 2 unspecified atom stereocenters. The Kier molecular flexibility index (Phi) is 4.41. The lowest BCUT2D eigenvalue weighted by molar-refractivity contribution is 0.0780. The smallest absolute Gasteiger partial charge is 0.256 e. The van der Waals surface area contributed by atoms with Crippen molar-refractivity contribution in [3.63, 3.8) is 0 Å². The van der Waals surface area contributed by atoms with E-state index >= 15 is 0 Å². The molecule has 0 spiro atoms. The molecule has 21 heavy (non-hydrogen) atoms. The second-order valence-electron chi connectivity index (χ2n) is 5.47. The number of hydrogen-bond acceptors (Lipinski definition) is 3. The number of rotatable bonds is 2. The Bertz CT molecular complexity index is 683. The fourth-order valence-corrected chi connectivity index (χ4v) is 3.98. The molecule has 5 nitrogen and oxygen atoms in total. The van der Waals surface area contributed by atoms with Gasteiger partial charge in [-0.2, -0.15) is 0 Å². The molecular formula is C13H16BrFN2O3S. The quantitative estimate of drug-likeness (QED) is 0.853. The Morgan fingerprint density at radius 1 is 1.33 bits per heavy atom. The molecule has 0 aromatic heterocycles. The highest BCUT2D eigenvalue weighted by atomic mass is 79.9. The zero-order chi connectivity index (χ0) is 15.9. The van der Waals surface area contributed by atoms with Crippen LogP contribution in [0.4, 0.5) is 4.39 Å². The predicted molar refractivity (Wildman–Crippen MR) is 79.7 cm³/mol. The maximum atomic E-state index is 14.0. The molecule has 1 saturated heterocycles. The van der Waals surface area contributed by atoms with E-state index in [1.54, 1.807) is 0 Å². The second kappa shape index (κ2) is 5.66. The number of primary sulfonamides is 1. The lowest BCUT2D eigenvalue weighted by Gasteiger charge is -2.17. The van der Waals surface area contributed by atoms with Crippen LogP contribution < -0.4 is 5.14 Å². The maximum absolute atomic E-state index is 14.0. The SMILES string of the molecule is CC1CN(C(=O)c2cc(S(N)(=O)=O)c(Br)cc2F)CC1C. The monoisotopic (exact) mass is 378 g/mol. The molecule has 1 aromatic carbocycles. The third kappa shape index (κ3) is 3.27. The van der Waals surface area contributed by atoms with E-state index in [0.717, 1.165) is 12.1 Å². The first-order valence-corrected chi connectivity index (χ1v) is 8.76. The summed E-state index contributed by atoms with van der Waals surface area (Å²) >= 11 is 2.94. The fraction of sp³-hybridized carbons (Fsp3) is 0.462. The van der Waals surface area contributed by atoms with Crippen LogP contribution in [0.3, 0.4) is 0 Å². The van der Waals surface area contributed by atoms with Gasteiger partial charge in [-0.25, -0.2) is 17.9 Å². The van der Waals surface area contributed by atoms with Crippen molar-refractivity contribution in [1.29, 1.82) is 0 Å². The molecule has 0 aliphatic carbocycles. The molecule has 1 aliphatic heterocycles. The zero-order valence-electron chi connectivity index (χ0n) is 11.6. The second-order valence-corrected chi connectivity index (χ2v) is 7.86. The Labute approximate surface area is 131 Å². The van der Waals surface area contributed by atoms with E-state index in [-0.39, 0.29) is 14.9 Å². The fourth-order valence-electron chi connectivity index (χ4n) is 2.38. The first-order valence-electron chi connectivity index (χ1n) is 6.42. The number of carbonyl (C=O) groups is 1. The molecule has 8 heteroatoms. The molecule has 1 amide bonds. The third-order valence-electron chi connectivity index (χ3n) is 3.83. The van der Waals surface area contributed by atoms with Crippen LogP contribution in [0.5, 0.6) is 0 Å². The molecule has 1 heterocycles. The van der Waals surface area contributed by atoms with Crippen LogP contribution >= 0.6 is 15.9 Å². The summed E-state index contributed by atoms with van der Waals surface area (Å²) in [5.41, 5.74) is -0.275. The Morgan fingerprint density at radius 3 is 2.33 bits per heavy atom. The van der Waals surface area contributed by atoms with Crippen LogP contribution in [-0.2, 0) is 10.0 Å². The van der Waals surface area contributed by atoms with E-state index in [4.69, 9.17) is 5.14 Å². The summed E-state index contributed by atoms with van der Waals surface area (Å²) < 4.78 is 36.9. The summed E-state index contributed by atoms with van der Waals surface area (Å²) in [6.45, 7) is 5.09. The van der Waals surface area contributed by atoms with Crippen molar-refractivity contribution in [2.24, 2.45) is 17.0 Å². The molecule has 2 N–H and O–H groups in total. The average molecular weight is 379 g/mol. The van der Waals surface area contributed by atoms with E-state index in [9.17, 15) is 17.6 Å². The van der Waals surface area contributed by atoms with Gasteiger partial charge in [0.25, 0.3) is 5.91 Å². The molecule has 0 bridgehead atoms. The zero-order valence-corrected chi connectivity index (χ0v) is 14.0. The molecule has 1 aliphatic rings. The van der Waals surface area contributed by atoms with Crippen LogP contribution in [0, 0.1) is 17.7 Å². The van der Waals surface area contributed by atoms with Gasteiger partial charge in [0.1, 0.15) is 5.82 Å². The van der Waals surface area contributed by atoms with E-state index in [1.807, 2.05) is 13.8 Å². The van der Waals surface area contributed by atoms with Crippen molar-refractivity contribution in [2.45, 2.75) is 18.7 Å². The highest BCUT2D eigenvalue weighted by Crippen LogP contribution is 2.28. The Morgan fingerprint density at radius 2 is 1.86 bits per heavy atom. The summed E-state index contributed by atoms with van der Waals surface area (Å²) in [4.78, 5) is 13.6. The molecular weight excluding hydrogens is 363 g/mol. The third-order valence-corrected chi connectivity index (χ3v) is 5.70. The molecule has 2 atom stereocenters. The highest BCUT2D eigenvalue weighted by Gasteiger charge is 2.32. The minimum absolute atomic E-state index is 0.00204. The first-order chi connectivity index (χ1) is 9.61. The Balaban J connectivity index is 2.43. The van der Waals surface area contributed by atoms with Crippen molar-refractivity contribution < 1.29 is 17.6 Å². The number of benzene rings is 1. The van der Waals surface area contributed by atoms with Gasteiger partial charge >= 0.3 is 0 Å². The lowest BCUT2D eigenvalue weighted by atomic mass is 10.0. The number of amides is 1. The molecule has 2 rings (SSSR count). The van der Waals surface area contributed by atoms with Crippen molar-refractivity contribution in [3.05, 3.63) is 28.0 Å². The van der Waals surface area contributed by atoms with Crippen LogP contribution in [0.2, 0.25) is 0 Å². The van der Waals surface area contributed by atoms with Crippen molar-refractivity contribution in [1.82, 2.24) is 4.90 Å². The summed E-state index contributed by atoms with van der Waals surface area (Å²) in [5, 5.41) is 5.07. The first kappa shape index (κ1) is 16.4. The van der Waals surface area contributed by atoms with Gasteiger partial charge in [-0.05, 0) is 39.9 Å². The minimum Gasteiger partial charge on any atom is -0.338 e. The Hall–Kier alpha value is -0.990. The average Bonchev–Trinajstić information content (AvgIpc) is 2.67. The number of nitrogens with zero attached hydrogens (tertiary/aromatic N) is 1. The molecule has 1 aromatic rings. The summed E-state index contributed by atoms with van der Waals surface area (Å²) in [6.07, 6.45) is 0. The van der Waals surface area contributed by atoms with Crippen molar-refractivity contribution >= 4 is 31.9 Å². The number of hydrogen-bond donors (Lipinski definition) is 1. The van der Waals surface area contributed by atoms with Crippen LogP contribution in [-0.4, -0.2) is 32.3 Å². The van der Waals surface area contributed by atoms with Gasteiger partial charge in [0.2, 0.25) is 10.0 Å². The lowest BCUT2D eigenvalue weighted by Crippen LogP contribution is -2.30. The molecule has 1 fully saturated rings. The van der Waals surface area contributed by atoms with Gasteiger partial charge in [-0.1, -0.05) is 13.8 Å². The molecule has 0 radical (unpaired) electrons. The number of sulfonamides is 1. The van der Waals surface area contributed by atoms with Gasteiger partial charge in [0, 0.05) is 17.6 Å². The molecule has 0 saturated carbocycles. The topological polar surface area (TPSA) is 80.5 Å². The van der Waals surface area contributed by atoms with E-state index in [0.29, 0.717) is 24.9 Å². The molecule has 116 valence electrons. The van der Waals surface area contributed by atoms with Gasteiger partial charge < -0.3 is 4.90 Å². The van der Waals surface area contributed by atoms with E-state index < -0.39 is 21.7 Å². The van der Waals surface area contributed by atoms with Crippen LogP contribution in [0.15, 0.2) is 21.5 Å².